The van der Waals surface area contributed by atoms with Crippen LogP contribution in [-0.2, 0) is 14.2 Å². The molecule has 0 atom stereocenters. The molecule has 1 aromatic heterocycles. The topological polar surface area (TPSA) is 89.0 Å². The van der Waals surface area contributed by atoms with E-state index in [0.29, 0.717) is 75.7 Å². The number of azo groups is 1. The van der Waals surface area contributed by atoms with Crippen molar-refractivity contribution in [2.45, 2.75) is 0 Å². The van der Waals surface area contributed by atoms with Gasteiger partial charge in [-0.3, -0.25) is 0 Å². The lowest BCUT2D eigenvalue weighted by Crippen LogP contribution is -2.37. The number of rotatable bonds is 10. The maximum absolute atomic E-state index is 7.69. The van der Waals surface area contributed by atoms with Crippen LogP contribution in [0.15, 0.2) is 40.6 Å². The number of anilines is 2. The van der Waals surface area contributed by atoms with Gasteiger partial charge in [-0.05, 0) is 12.1 Å². The maximum Gasteiger partial charge on any atom is 0.314 e. The van der Waals surface area contributed by atoms with Crippen LogP contribution >= 0.6 is 0 Å². The second kappa shape index (κ2) is 11.9. The van der Waals surface area contributed by atoms with Gasteiger partial charge in [0.25, 0.3) is 5.82 Å². The van der Waals surface area contributed by atoms with E-state index in [2.05, 4.69) is 20.1 Å². The van der Waals surface area contributed by atoms with E-state index in [1.165, 1.54) is 0 Å². The average molecular weight is 425 g/mol. The highest BCUT2D eigenvalue weighted by Gasteiger charge is 2.26. The molecule has 1 aliphatic heterocycles. The van der Waals surface area contributed by atoms with Gasteiger partial charge in [-0.2, -0.15) is 0 Å². The van der Waals surface area contributed by atoms with Crippen LogP contribution in [0.2, 0.25) is 0 Å². The molecule has 1 fully saturated rings. The zero-order chi connectivity index (χ0) is 21.9. The van der Waals surface area contributed by atoms with Crippen molar-refractivity contribution in [2.75, 3.05) is 76.6 Å². The highest BCUT2D eigenvalue weighted by Crippen LogP contribution is 2.35. The normalized spacial score (nSPS) is 14.0. The van der Waals surface area contributed by atoms with E-state index < -0.39 is 0 Å². The maximum atomic E-state index is 7.69. The number of ether oxygens (including phenoxy) is 3. The standard InChI is InChI=1S/C21H27N7O3/c1-22-18-20(27(9-13-29-2)10-14-30-3)24-19(26-25-17-7-5-4-6-8-17)21(23-18)28-11-15-31-16-12-28/h4-8H,9-16H2,2-3H3. The number of nitrogens with zero attached hydrogens (tertiary/aromatic N) is 7. The molecule has 1 saturated heterocycles. The van der Waals surface area contributed by atoms with E-state index in [1.54, 1.807) is 14.2 Å². The second-order valence-corrected chi connectivity index (χ2v) is 6.74. The van der Waals surface area contributed by atoms with Crippen molar-refractivity contribution in [3.8, 4) is 0 Å². The van der Waals surface area contributed by atoms with Crippen molar-refractivity contribution in [2.24, 2.45) is 10.2 Å². The van der Waals surface area contributed by atoms with Crippen molar-refractivity contribution >= 4 is 29.0 Å². The van der Waals surface area contributed by atoms with Gasteiger partial charge in [0.2, 0.25) is 5.82 Å². The summed E-state index contributed by atoms with van der Waals surface area (Å²) >= 11 is 0. The monoisotopic (exact) mass is 425 g/mol. The zero-order valence-corrected chi connectivity index (χ0v) is 17.9. The molecular formula is C21H27N7O3. The SMILES string of the molecule is [C-]#[N+]c1nc(N2CCOCC2)c(N=Nc2ccccc2)nc1N(CCOC)CCOC. The molecule has 10 nitrogen and oxygen atoms in total. The first-order valence-corrected chi connectivity index (χ1v) is 10.1. The van der Waals surface area contributed by atoms with Crippen LogP contribution in [0.25, 0.3) is 4.85 Å². The number of aromatic nitrogens is 2. The summed E-state index contributed by atoms with van der Waals surface area (Å²) in [6, 6.07) is 9.44. The van der Waals surface area contributed by atoms with Crippen molar-refractivity contribution in [3.05, 3.63) is 41.7 Å². The van der Waals surface area contributed by atoms with Crippen LogP contribution in [0, 0.1) is 6.57 Å². The molecule has 3 rings (SSSR count). The zero-order valence-electron chi connectivity index (χ0n) is 17.9. The van der Waals surface area contributed by atoms with Crippen molar-refractivity contribution in [3.63, 3.8) is 0 Å². The summed E-state index contributed by atoms with van der Waals surface area (Å²) in [7, 11) is 3.27. The number of morpholine rings is 1. The van der Waals surface area contributed by atoms with Gasteiger partial charge in [0.15, 0.2) is 5.82 Å². The van der Waals surface area contributed by atoms with Crippen LogP contribution in [-0.4, -0.2) is 76.8 Å². The van der Waals surface area contributed by atoms with Crippen LogP contribution < -0.4 is 9.80 Å². The average Bonchev–Trinajstić information content (AvgIpc) is 2.83. The first-order chi connectivity index (χ1) is 15.3. The fourth-order valence-electron chi connectivity index (χ4n) is 3.07. The Morgan fingerprint density at radius 3 is 2.35 bits per heavy atom. The Morgan fingerprint density at radius 1 is 1.06 bits per heavy atom. The predicted octanol–water partition coefficient (Wildman–Crippen LogP) is 3.38. The first kappa shape index (κ1) is 22.6. The molecule has 0 unspecified atom stereocenters. The van der Waals surface area contributed by atoms with Gasteiger partial charge < -0.3 is 28.9 Å². The minimum atomic E-state index is 0.215. The molecule has 1 aliphatic rings. The summed E-state index contributed by atoms with van der Waals surface area (Å²) < 4.78 is 15.9. The fourth-order valence-corrected chi connectivity index (χ4v) is 3.07. The Morgan fingerprint density at radius 2 is 1.74 bits per heavy atom. The molecule has 0 aliphatic carbocycles. The summed E-state index contributed by atoms with van der Waals surface area (Å²) in [5.74, 6) is 1.57. The van der Waals surface area contributed by atoms with Crippen LogP contribution in [0.3, 0.4) is 0 Å². The van der Waals surface area contributed by atoms with Crippen molar-refractivity contribution in [1.82, 2.24) is 9.97 Å². The van der Waals surface area contributed by atoms with Crippen LogP contribution in [0.4, 0.5) is 29.0 Å². The summed E-state index contributed by atoms with van der Waals surface area (Å²) in [5, 5.41) is 8.74. The third-order valence-corrected chi connectivity index (χ3v) is 4.69. The Bertz CT molecular complexity index is 888. The quantitative estimate of drug-likeness (QED) is 0.426. The van der Waals surface area contributed by atoms with Gasteiger partial charge in [0, 0.05) is 40.4 Å². The minimum absolute atomic E-state index is 0.215. The minimum Gasteiger partial charge on any atom is -0.383 e. The lowest BCUT2D eigenvalue weighted by Gasteiger charge is -2.28. The lowest BCUT2D eigenvalue weighted by atomic mass is 10.3. The molecule has 31 heavy (non-hydrogen) atoms. The Kier molecular flexibility index (Phi) is 8.66. The number of methoxy groups -OCH3 is 2. The summed E-state index contributed by atoms with van der Waals surface area (Å²) in [6.45, 7) is 12.2. The van der Waals surface area contributed by atoms with E-state index >= 15 is 0 Å². The van der Waals surface area contributed by atoms with E-state index in [-0.39, 0.29) is 5.82 Å². The molecule has 2 heterocycles. The molecule has 0 amide bonds. The molecule has 0 saturated carbocycles. The predicted molar refractivity (Wildman–Crippen MR) is 118 cm³/mol. The van der Waals surface area contributed by atoms with Crippen LogP contribution in [0.5, 0.6) is 0 Å². The van der Waals surface area contributed by atoms with Crippen molar-refractivity contribution < 1.29 is 14.2 Å². The fraction of sp³-hybridized carbons (Fsp3) is 0.476. The van der Waals surface area contributed by atoms with E-state index in [9.17, 15) is 0 Å². The Labute approximate surface area is 182 Å². The smallest absolute Gasteiger partial charge is 0.314 e. The summed E-state index contributed by atoms with van der Waals surface area (Å²) in [6.07, 6.45) is 0. The van der Waals surface area contributed by atoms with Gasteiger partial charge >= 0.3 is 5.82 Å². The van der Waals surface area contributed by atoms with E-state index in [1.807, 2.05) is 40.1 Å². The molecule has 1 aromatic carbocycles. The Hall–Kier alpha value is -3.13. The molecule has 0 spiro atoms. The third-order valence-electron chi connectivity index (χ3n) is 4.69. The van der Waals surface area contributed by atoms with Gasteiger partial charge in [-0.15, -0.1) is 10.2 Å². The molecular weight excluding hydrogens is 398 g/mol. The van der Waals surface area contributed by atoms with Crippen LogP contribution in [0.1, 0.15) is 0 Å². The van der Waals surface area contributed by atoms with Crippen molar-refractivity contribution in [1.29, 1.82) is 0 Å². The second-order valence-electron chi connectivity index (χ2n) is 6.74. The molecule has 164 valence electrons. The third kappa shape index (κ3) is 6.18. The number of hydrogen-bond donors (Lipinski definition) is 0. The highest BCUT2D eigenvalue weighted by atomic mass is 16.5. The van der Waals surface area contributed by atoms with E-state index in [4.69, 9.17) is 25.8 Å². The lowest BCUT2D eigenvalue weighted by molar-refractivity contribution is 0.122. The molecule has 0 radical (unpaired) electrons. The Balaban J connectivity index is 2.04. The largest absolute Gasteiger partial charge is 0.383 e. The molecule has 2 aromatic rings. The molecule has 10 heteroatoms. The summed E-state index contributed by atoms with van der Waals surface area (Å²) in [5.41, 5.74) is 0.712. The molecule has 0 N–H and O–H groups in total. The summed E-state index contributed by atoms with van der Waals surface area (Å²) in [4.78, 5) is 17.0. The molecule has 0 bridgehead atoms. The van der Waals surface area contributed by atoms with Gasteiger partial charge in [0.05, 0.1) is 32.1 Å². The van der Waals surface area contributed by atoms with Gasteiger partial charge in [-0.1, -0.05) is 29.8 Å². The highest BCUT2D eigenvalue weighted by molar-refractivity contribution is 5.71. The van der Waals surface area contributed by atoms with Gasteiger partial charge in [-0.25, -0.2) is 4.98 Å². The number of hydrogen-bond acceptors (Lipinski definition) is 9. The van der Waals surface area contributed by atoms with Gasteiger partial charge in [0.1, 0.15) is 0 Å². The van der Waals surface area contributed by atoms with E-state index in [0.717, 1.165) is 0 Å². The first-order valence-electron chi connectivity index (χ1n) is 10.1. The number of benzene rings is 1.